The highest BCUT2D eigenvalue weighted by atomic mass is 32.2. The smallest absolute Gasteiger partial charge is 0.310 e. The topological polar surface area (TPSA) is 84.2 Å². The second-order valence-corrected chi connectivity index (χ2v) is 9.65. The van der Waals surface area contributed by atoms with E-state index in [2.05, 4.69) is 4.98 Å². The number of ether oxygens (including phenoxy) is 1. The van der Waals surface area contributed by atoms with Gasteiger partial charge in [0.05, 0.1) is 24.8 Å². The molecule has 1 saturated heterocycles. The Bertz CT molecular complexity index is 1160. The van der Waals surface area contributed by atoms with Gasteiger partial charge >= 0.3 is 5.97 Å². The number of thioether (sulfide) groups is 1. The monoisotopic (exact) mass is 494 g/mol. The van der Waals surface area contributed by atoms with E-state index in [9.17, 15) is 14.4 Å². The van der Waals surface area contributed by atoms with E-state index in [1.807, 2.05) is 47.1 Å². The van der Waals surface area contributed by atoms with Gasteiger partial charge in [-0.15, -0.1) is 11.8 Å². The van der Waals surface area contributed by atoms with E-state index in [4.69, 9.17) is 4.74 Å². The number of piperidine rings is 1. The number of carbonyl (C=O) groups excluding carboxylic acids is 3. The molecular weight excluding hydrogens is 464 g/mol. The van der Waals surface area contributed by atoms with Crippen molar-refractivity contribution in [2.45, 2.75) is 30.4 Å². The van der Waals surface area contributed by atoms with Crippen molar-refractivity contribution in [2.24, 2.45) is 5.92 Å². The van der Waals surface area contributed by atoms with Crippen LogP contribution >= 0.6 is 11.8 Å². The fraction of sp³-hybridized carbons (Fsp3) is 0.385. The van der Waals surface area contributed by atoms with E-state index in [0.29, 0.717) is 25.3 Å². The summed E-state index contributed by atoms with van der Waals surface area (Å²) in [6.07, 6.45) is 5.46. The van der Waals surface area contributed by atoms with Crippen LogP contribution in [0.25, 0.3) is 5.65 Å². The Hall–Kier alpha value is -3.33. The van der Waals surface area contributed by atoms with E-state index in [1.165, 1.54) is 4.90 Å². The predicted molar refractivity (Wildman–Crippen MR) is 134 cm³/mol. The number of likely N-dealkylation sites (N-methyl/N-ethyl adjacent to an activating group) is 1. The summed E-state index contributed by atoms with van der Waals surface area (Å²) in [5, 5.41) is 0. The van der Waals surface area contributed by atoms with Crippen LogP contribution in [0.2, 0.25) is 0 Å². The van der Waals surface area contributed by atoms with Gasteiger partial charge in [0.1, 0.15) is 5.65 Å². The standard InChI is InChI=1S/C26H30N4O4S/c1-3-34-26(33)20-7-6-14-30(15-20)24(31)17-28(2)25(32)19-9-11-22(12-10-19)35-18-21-16-29-13-5-4-8-23(29)27-21/h4-5,8-13,16,20H,3,6-7,14-15,17-18H2,1-2H3. The molecular formula is C26H30N4O4S. The highest BCUT2D eigenvalue weighted by molar-refractivity contribution is 7.98. The maximum absolute atomic E-state index is 12.9. The number of imidazole rings is 1. The van der Waals surface area contributed by atoms with Crippen LogP contribution < -0.4 is 0 Å². The molecule has 1 aliphatic heterocycles. The maximum atomic E-state index is 12.9. The van der Waals surface area contributed by atoms with Crippen molar-refractivity contribution in [3.05, 3.63) is 66.1 Å². The molecule has 1 atom stereocenters. The van der Waals surface area contributed by atoms with Crippen LogP contribution in [0.4, 0.5) is 0 Å². The van der Waals surface area contributed by atoms with Crippen LogP contribution in [0.3, 0.4) is 0 Å². The molecule has 0 bridgehead atoms. The number of pyridine rings is 1. The van der Waals surface area contributed by atoms with Crippen LogP contribution in [0.5, 0.6) is 0 Å². The lowest BCUT2D eigenvalue weighted by Gasteiger charge is -2.32. The molecule has 4 rings (SSSR count). The van der Waals surface area contributed by atoms with Crippen molar-refractivity contribution in [3.8, 4) is 0 Å². The first-order valence-electron chi connectivity index (χ1n) is 11.8. The SMILES string of the molecule is CCOC(=O)C1CCCN(C(=O)CN(C)C(=O)c2ccc(SCc3cn4ccccc4n3)cc2)C1. The summed E-state index contributed by atoms with van der Waals surface area (Å²) >= 11 is 1.65. The molecule has 9 heteroatoms. The van der Waals surface area contributed by atoms with Crippen molar-refractivity contribution >= 4 is 35.2 Å². The molecule has 8 nitrogen and oxygen atoms in total. The summed E-state index contributed by atoms with van der Waals surface area (Å²) in [5.74, 6) is -0.192. The van der Waals surface area contributed by atoms with Crippen LogP contribution in [0, 0.1) is 5.92 Å². The Morgan fingerprint density at radius 1 is 1.17 bits per heavy atom. The Morgan fingerprint density at radius 2 is 1.97 bits per heavy atom. The summed E-state index contributed by atoms with van der Waals surface area (Å²) in [6, 6.07) is 13.3. The number of amides is 2. The summed E-state index contributed by atoms with van der Waals surface area (Å²) in [7, 11) is 1.62. The first kappa shape index (κ1) is 24.8. The number of likely N-dealkylation sites (tertiary alicyclic amines) is 1. The van der Waals surface area contributed by atoms with Gasteiger partial charge in [-0.2, -0.15) is 0 Å². The lowest BCUT2D eigenvalue weighted by molar-refractivity contribution is -0.151. The van der Waals surface area contributed by atoms with Crippen molar-refractivity contribution in [2.75, 3.05) is 33.3 Å². The average molecular weight is 495 g/mol. The van der Waals surface area contributed by atoms with Gasteiger partial charge in [0, 0.05) is 48.7 Å². The molecule has 184 valence electrons. The quantitative estimate of drug-likeness (QED) is 0.352. The summed E-state index contributed by atoms with van der Waals surface area (Å²) in [5.41, 5.74) is 2.44. The molecule has 1 unspecified atom stereocenters. The van der Waals surface area contributed by atoms with Gasteiger partial charge in [0.25, 0.3) is 5.91 Å². The number of rotatable bonds is 8. The number of carbonyl (C=O) groups is 3. The van der Waals surface area contributed by atoms with E-state index in [-0.39, 0.29) is 30.2 Å². The number of fused-ring (bicyclic) bond motifs is 1. The molecule has 0 spiro atoms. The number of benzene rings is 1. The lowest BCUT2D eigenvalue weighted by Crippen LogP contribution is -2.47. The van der Waals surface area contributed by atoms with Crippen LogP contribution in [-0.2, 0) is 20.1 Å². The third-order valence-electron chi connectivity index (χ3n) is 6.02. The normalized spacial score (nSPS) is 15.7. The van der Waals surface area contributed by atoms with E-state index < -0.39 is 0 Å². The minimum atomic E-state index is -0.292. The minimum absolute atomic E-state index is 0.0290. The number of nitrogens with zero attached hydrogens (tertiary/aromatic N) is 4. The molecule has 2 aromatic heterocycles. The molecule has 0 radical (unpaired) electrons. The molecule has 3 aromatic rings. The zero-order valence-corrected chi connectivity index (χ0v) is 20.9. The third kappa shape index (κ3) is 6.22. The molecule has 1 aromatic carbocycles. The fourth-order valence-electron chi connectivity index (χ4n) is 4.16. The van der Waals surface area contributed by atoms with Crippen molar-refractivity contribution in [1.29, 1.82) is 0 Å². The average Bonchev–Trinajstić information content (AvgIpc) is 3.30. The summed E-state index contributed by atoms with van der Waals surface area (Å²) in [4.78, 5) is 46.4. The molecule has 1 aliphatic rings. The van der Waals surface area contributed by atoms with Crippen LogP contribution in [-0.4, -0.2) is 70.3 Å². The molecule has 0 N–H and O–H groups in total. The second-order valence-electron chi connectivity index (χ2n) is 8.60. The van der Waals surface area contributed by atoms with E-state index in [1.54, 1.807) is 42.8 Å². The first-order valence-corrected chi connectivity index (χ1v) is 12.8. The molecule has 0 saturated carbocycles. The van der Waals surface area contributed by atoms with Gasteiger partial charge in [-0.05, 0) is 56.2 Å². The lowest BCUT2D eigenvalue weighted by atomic mass is 9.98. The van der Waals surface area contributed by atoms with Gasteiger partial charge in [-0.3, -0.25) is 14.4 Å². The van der Waals surface area contributed by atoms with Crippen molar-refractivity contribution < 1.29 is 19.1 Å². The summed E-state index contributed by atoms with van der Waals surface area (Å²) in [6.45, 7) is 3.01. The minimum Gasteiger partial charge on any atom is -0.466 e. The number of aromatic nitrogens is 2. The highest BCUT2D eigenvalue weighted by Gasteiger charge is 2.30. The first-order chi connectivity index (χ1) is 16.9. The van der Waals surface area contributed by atoms with Crippen LogP contribution in [0.15, 0.2) is 59.8 Å². The number of hydrogen-bond donors (Lipinski definition) is 0. The summed E-state index contributed by atoms with van der Waals surface area (Å²) < 4.78 is 7.10. The molecule has 35 heavy (non-hydrogen) atoms. The fourth-order valence-corrected chi connectivity index (χ4v) is 4.94. The number of esters is 1. The molecule has 0 aliphatic carbocycles. The van der Waals surface area contributed by atoms with Crippen molar-refractivity contribution in [3.63, 3.8) is 0 Å². The zero-order chi connectivity index (χ0) is 24.8. The highest BCUT2D eigenvalue weighted by Crippen LogP contribution is 2.23. The van der Waals surface area contributed by atoms with Gasteiger partial charge in [-0.25, -0.2) is 4.98 Å². The maximum Gasteiger partial charge on any atom is 0.310 e. The second kappa shape index (κ2) is 11.4. The molecule has 3 heterocycles. The molecule has 2 amide bonds. The van der Waals surface area contributed by atoms with Gasteiger partial charge in [0.15, 0.2) is 0 Å². The Labute approximate surface area is 209 Å². The third-order valence-corrected chi connectivity index (χ3v) is 7.06. The van der Waals surface area contributed by atoms with Gasteiger partial charge < -0.3 is 18.9 Å². The van der Waals surface area contributed by atoms with E-state index >= 15 is 0 Å². The Morgan fingerprint density at radius 3 is 2.71 bits per heavy atom. The van der Waals surface area contributed by atoms with Gasteiger partial charge in [0.2, 0.25) is 5.91 Å². The largest absolute Gasteiger partial charge is 0.466 e. The van der Waals surface area contributed by atoms with Crippen molar-refractivity contribution in [1.82, 2.24) is 19.2 Å². The van der Waals surface area contributed by atoms with Crippen LogP contribution in [0.1, 0.15) is 35.8 Å². The predicted octanol–water partition coefficient (Wildman–Crippen LogP) is 3.50. The Balaban J connectivity index is 1.29. The Kier molecular flexibility index (Phi) is 8.07. The van der Waals surface area contributed by atoms with Gasteiger partial charge in [-0.1, -0.05) is 6.07 Å². The number of hydrogen-bond acceptors (Lipinski definition) is 6. The zero-order valence-electron chi connectivity index (χ0n) is 20.1. The van der Waals surface area contributed by atoms with E-state index in [0.717, 1.165) is 34.8 Å². The molecule has 1 fully saturated rings.